The maximum Gasteiger partial charge on any atom is 0.122 e. The third-order valence-corrected chi connectivity index (χ3v) is 3.69. The summed E-state index contributed by atoms with van der Waals surface area (Å²) in [6.45, 7) is 4.10. The van der Waals surface area contributed by atoms with E-state index in [1.807, 2.05) is 0 Å². The van der Waals surface area contributed by atoms with Gasteiger partial charge in [0.1, 0.15) is 5.75 Å². The van der Waals surface area contributed by atoms with Crippen LogP contribution in [0.2, 0.25) is 0 Å². The summed E-state index contributed by atoms with van der Waals surface area (Å²) >= 11 is 0. The largest absolute Gasteiger partial charge is 0.496 e. The summed E-state index contributed by atoms with van der Waals surface area (Å²) in [5.74, 6) is 0.994. The van der Waals surface area contributed by atoms with Crippen molar-refractivity contribution in [2.24, 2.45) is 5.73 Å². The Bertz CT molecular complexity index is 399. The van der Waals surface area contributed by atoms with Crippen LogP contribution in [-0.4, -0.2) is 25.7 Å². The maximum atomic E-state index is 6.03. The topological polar surface area (TPSA) is 47.3 Å². The lowest BCUT2D eigenvalue weighted by atomic mass is 10.1. The predicted molar refractivity (Wildman–Crippen MR) is 75.1 cm³/mol. The molecule has 100 valence electrons. The number of methoxy groups -OCH3 is 1. The molecule has 1 aromatic carbocycles. The quantitative estimate of drug-likeness (QED) is 0.724. The van der Waals surface area contributed by atoms with Crippen molar-refractivity contribution >= 4 is 0 Å². The zero-order valence-corrected chi connectivity index (χ0v) is 11.5. The fourth-order valence-corrected chi connectivity index (χ4v) is 2.17. The second-order valence-electron chi connectivity index (χ2n) is 5.29. The van der Waals surface area contributed by atoms with Gasteiger partial charge in [0.25, 0.3) is 0 Å². The molecule has 0 unspecified atom stereocenters. The molecule has 0 amide bonds. The van der Waals surface area contributed by atoms with E-state index in [-0.39, 0.29) is 5.54 Å². The highest BCUT2D eigenvalue weighted by atomic mass is 16.5. The van der Waals surface area contributed by atoms with Gasteiger partial charge in [-0.3, -0.25) is 0 Å². The van der Waals surface area contributed by atoms with E-state index < -0.39 is 0 Å². The molecule has 0 aromatic heterocycles. The van der Waals surface area contributed by atoms with E-state index in [9.17, 15) is 0 Å². The minimum absolute atomic E-state index is 0.106. The molecule has 0 spiro atoms. The maximum absolute atomic E-state index is 6.03. The summed E-state index contributed by atoms with van der Waals surface area (Å²) < 4.78 is 5.34. The molecule has 0 heterocycles. The van der Waals surface area contributed by atoms with Crippen molar-refractivity contribution in [3.8, 4) is 5.75 Å². The lowest BCUT2D eigenvalue weighted by molar-refractivity contribution is 0.410. The SMILES string of the molecule is CCc1cc(CCNCC2(N)CC2)ccc1OC. The van der Waals surface area contributed by atoms with Crippen LogP contribution in [-0.2, 0) is 12.8 Å². The van der Waals surface area contributed by atoms with E-state index in [0.29, 0.717) is 0 Å². The number of benzene rings is 1. The van der Waals surface area contributed by atoms with E-state index in [1.165, 1.54) is 24.0 Å². The summed E-state index contributed by atoms with van der Waals surface area (Å²) in [4.78, 5) is 0. The fraction of sp³-hybridized carbons (Fsp3) is 0.600. The molecule has 3 N–H and O–H groups in total. The highest BCUT2D eigenvalue weighted by Gasteiger charge is 2.37. The molecular weight excluding hydrogens is 224 g/mol. The Balaban J connectivity index is 1.81. The molecule has 1 aliphatic rings. The first kappa shape index (κ1) is 13.4. The van der Waals surface area contributed by atoms with Crippen LogP contribution >= 0.6 is 0 Å². The molecule has 0 radical (unpaired) electrons. The average molecular weight is 248 g/mol. The van der Waals surface area contributed by atoms with E-state index in [1.54, 1.807) is 7.11 Å². The van der Waals surface area contributed by atoms with Crippen LogP contribution in [0.25, 0.3) is 0 Å². The van der Waals surface area contributed by atoms with Crippen LogP contribution in [0.15, 0.2) is 18.2 Å². The van der Waals surface area contributed by atoms with Gasteiger partial charge in [0, 0.05) is 12.1 Å². The van der Waals surface area contributed by atoms with Gasteiger partial charge in [-0.05, 0) is 49.4 Å². The lowest BCUT2D eigenvalue weighted by Crippen LogP contribution is -2.36. The van der Waals surface area contributed by atoms with E-state index >= 15 is 0 Å². The van der Waals surface area contributed by atoms with E-state index in [0.717, 1.165) is 31.7 Å². The fourth-order valence-electron chi connectivity index (χ4n) is 2.17. The Morgan fingerprint density at radius 2 is 2.17 bits per heavy atom. The Labute approximate surface area is 110 Å². The Hall–Kier alpha value is -1.06. The number of ether oxygens (including phenoxy) is 1. The molecule has 2 rings (SSSR count). The standard InChI is InChI=1S/C15H24N2O/c1-3-13-10-12(4-5-14(13)18-2)6-9-17-11-15(16)7-8-15/h4-5,10,17H,3,6-9,11,16H2,1-2H3. The van der Waals surface area contributed by atoms with Gasteiger partial charge < -0.3 is 15.8 Å². The van der Waals surface area contributed by atoms with Crippen molar-refractivity contribution in [1.29, 1.82) is 0 Å². The summed E-state index contributed by atoms with van der Waals surface area (Å²) in [7, 11) is 1.73. The number of nitrogens with one attached hydrogen (secondary N) is 1. The summed E-state index contributed by atoms with van der Waals surface area (Å²) in [6, 6.07) is 6.46. The summed E-state index contributed by atoms with van der Waals surface area (Å²) in [5, 5.41) is 3.45. The number of hydrogen-bond acceptors (Lipinski definition) is 3. The summed E-state index contributed by atoms with van der Waals surface area (Å²) in [6.07, 6.45) is 4.40. The first-order valence-electron chi connectivity index (χ1n) is 6.82. The molecule has 1 aromatic rings. The molecule has 18 heavy (non-hydrogen) atoms. The third kappa shape index (κ3) is 3.47. The van der Waals surface area contributed by atoms with Gasteiger partial charge in [-0.25, -0.2) is 0 Å². The molecule has 1 saturated carbocycles. The molecule has 0 aliphatic heterocycles. The minimum atomic E-state index is 0.106. The van der Waals surface area contributed by atoms with Gasteiger partial charge in [0.2, 0.25) is 0 Å². The van der Waals surface area contributed by atoms with Crippen molar-refractivity contribution in [3.63, 3.8) is 0 Å². The molecule has 0 saturated heterocycles. The van der Waals surface area contributed by atoms with Gasteiger partial charge in [-0.2, -0.15) is 0 Å². The smallest absolute Gasteiger partial charge is 0.122 e. The molecule has 1 aliphatic carbocycles. The molecular formula is C15H24N2O. The number of rotatable bonds is 7. The van der Waals surface area contributed by atoms with E-state index in [4.69, 9.17) is 10.5 Å². The summed E-state index contributed by atoms with van der Waals surface area (Å²) in [5.41, 5.74) is 8.78. The zero-order valence-electron chi connectivity index (χ0n) is 11.5. The Kier molecular flexibility index (Phi) is 4.25. The molecule has 3 nitrogen and oxygen atoms in total. The lowest BCUT2D eigenvalue weighted by Gasteiger charge is -2.12. The van der Waals surface area contributed by atoms with Crippen molar-refractivity contribution in [2.75, 3.05) is 20.2 Å². The van der Waals surface area contributed by atoms with Crippen molar-refractivity contribution in [3.05, 3.63) is 29.3 Å². The predicted octanol–water partition coefficient (Wildman–Crippen LogP) is 1.88. The van der Waals surface area contributed by atoms with Crippen LogP contribution in [0.1, 0.15) is 30.9 Å². The zero-order chi connectivity index (χ0) is 13.0. The number of nitrogens with two attached hydrogens (primary N) is 1. The van der Waals surface area contributed by atoms with Crippen molar-refractivity contribution < 1.29 is 4.74 Å². The van der Waals surface area contributed by atoms with Gasteiger partial charge in [-0.1, -0.05) is 19.1 Å². The number of hydrogen-bond donors (Lipinski definition) is 2. The van der Waals surface area contributed by atoms with Gasteiger partial charge in [-0.15, -0.1) is 0 Å². The van der Waals surface area contributed by atoms with E-state index in [2.05, 4.69) is 30.4 Å². The Morgan fingerprint density at radius 1 is 1.39 bits per heavy atom. The van der Waals surface area contributed by atoms with Crippen molar-refractivity contribution in [1.82, 2.24) is 5.32 Å². The average Bonchev–Trinajstić information content (AvgIpc) is 3.12. The van der Waals surface area contributed by atoms with Crippen molar-refractivity contribution in [2.45, 2.75) is 38.1 Å². The molecule has 0 atom stereocenters. The van der Waals surface area contributed by atoms with Crippen LogP contribution in [0.5, 0.6) is 5.75 Å². The second kappa shape index (κ2) is 5.72. The highest BCUT2D eigenvalue weighted by Crippen LogP contribution is 2.30. The normalized spacial score (nSPS) is 16.6. The van der Waals surface area contributed by atoms with Crippen LogP contribution in [0.4, 0.5) is 0 Å². The van der Waals surface area contributed by atoms with Crippen LogP contribution < -0.4 is 15.8 Å². The number of aryl methyl sites for hydroxylation is 1. The van der Waals surface area contributed by atoms with Gasteiger partial charge >= 0.3 is 0 Å². The minimum Gasteiger partial charge on any atom is -0.496 e. The van der Waals surface area contributed by atoms with Crippen LogP contribution in [0, 0.1) is 0 Å². The highest BCUT2D eigenvalue weighted by molar-refractivity contribution is 5.37. The third-order valence-electron chi connectivity index (χ3n) is 3.69. The first-order chi connectivity index (χ1) is 8.67. The first-order valence-corrected chi connectivity index (χ1v) is 6.82. The van der Waals surface area contributed by atoms with Gasteiger partial charge in [0.05, 0.1) is 7.11 Å². The molecule has 3 heteroatoms. The second-order valence-corrected chi connectivity index (χ2v) is 5.29. The van der Waals surface area contributed by atoms with Gasteiger partial charge in [0.15, 0.2) is 0 Å². The molecule has 1 fully saturated rings. The molecule has 0 bridgehead atoms. The van der Waals surface area contributed by atoms with Crippen LogP contribution in [0.3, 0.4) is 0 Å². The monoisotopic (exact) mass is 248 g/mol. The Morgan fingerprint density at radius 3 is 2.78 bits per heavy atom.